The maximum atomic E-state index is 13.3. The molecule has 1 saturated heterocycles. The Morgan fingerprint density at radius 2 is 1.73 bits per heavy atom. The normalized spacial score (nSPS) is 14.5. The molecular weight excluding hydrogens is 390 g/mol. The van der Waals surface area contributed by atoms with Gasteiger partial charge in [0.05, 0.1) is 5.69 Å². The Bertz CT molecular complexity index is 1060. The van der Waals surface area contributed by atoms with Crippen LogP contribution in [-0.4, -0.2) is 46.0 Å². The molecule has 1 aromatic heterocycles. The Hall–Kier alpha value is -3.55. The molecule has 2 N–H and O–H groups in total. The second-order valence-electron chi connectivity index (χ2n) is 7.20. The number of nitrogens with zero attached hydrogens (tertiary/aromatic N) is 2. The number of rotatable bonds is 4. The Labute approximate surface area is 171 Å². The average Bonchev–Trinajstić information content (AvgIpc) is 3.26. The van der Waals surface area contributed by atoms with E-state index >= 15 is 0 Å². The van der Waals surface area contributed by atoms with Gasteiger partial charge < -0.3 is 10.2 Å². The minimum Gasteiger partial charge on any atom is -0.349 e. The molecule has 1 fully saturated rings. The Kier molecular flexibility index (Phi) is 5.56. The highest BCUT2D eigenvalue weighted by molar-refractivity contribution is 5.95. The predicted molar refractivity (Wildman–Crippen MR) is 107 cm³/mol. The first-order valence-electron chi connectivity index (χ1n) is 9.67. The molecule has 4 rings (SSSR count). The van der Waals surface area contributed by atoms with Gasteiger partial charge in [-0.25, -0.2) is 8.78 Å². The largest absolute Gasteiger partial charge is 0.349 e. The molecule has 2 amide bonds. The van der Waals surface area contributed by atoms with Crippen LogP contribution in [0.1, 0.15) is 33.7 Å². The summed E-state index contributed by atoms with van der Waals surface area (Å²) in [5, 5.41) is 9.84. The summed E-state index contributed by atoms with van der Waals surface area (Å²) in [6, 6.07) is 14.2. The van der Waals surface area contributed by atoms with Gasteiger partial charge in [-0.05, 0) is 37.1 Å². The molecule has 2 heterocycles. The molecule has 0 aliphatic carbocycles. The van der Waals surface area contributed by atoms with E-state index < -0.39 is 17.5 Å². The number of H-pyrrole nitrogens is 1. The quantitative estimate of drug-likeness (QED) is 0.692. The lowest BCUT2D eigenvalue weighted by atomic mass is 10.0. The van der Waals surface area contributed by atoms with E-state index in [0.717, 1.165) is 17.7 Å². The number of aromatic nitrogens is 2. The molecule has 154 valence electrons. The average molecular weight is 410 g/mol. The number of likely N-dealkylation sites (tertiary alicyclic amines) is 1. The number of hydrogen-bond acceptors (Lipinski definition) is 3. The number of carbonyl (C=O) groups is 2. The fourth-order valence-corrected chi connectivity index (χ4v) is 3.49. The summed E-state index contributed by atoms with van der Waals surface area (Å²) in [6.45, 7) is 0.947. The van der Waals surface area contributed by atoms with E-state index in [1.165, 1.54) is 6.07 Å². The van der Waals surface area contributed by atoms with E-state index in [1.807, 2.05) is 30.3 Å². The van der Waals surface area contributed by atoms with Gasteiger partial charge in [0.25, 0.3) is 11.8 Å². The lowest BCUT2D eigenvalue weighted by Gasteiger charge is -2.32. The van der Waals surface area contributed by atoms with E-state index in [4.69, 9.17) is 0 Å². The summed E-state index contributed by atoms with van der Waals surface area (Å²) in [4.78, 5) is 26.7. The minimum absolute atomic E-state index is 0.0679. The number of nitrogens with one attached hydrogen (secondary N) is 2. The molecule has 2 aromatic carbocycles. The smallest absolute Gasteiger partial charge is 0.271 e. The van der Waals surface area contributed by atoms with Crippen molar-refractivity contribution in [1.82, 2.24) is 20.4 Å². The van der Waals surface area contributed by atoms with Crippen LogP contribution in [0.5, 0.6) is 0 Å². The van der Waals surface area contributed by atoms with Gasteiger partial charge in [0.1, 0.15) is 5.69 Å². The Morgan fingerprint density at radius 1 is 1.00 bits per heavy atom. The molecule has 1 aliphatic heterocycles. The van der Waals surface area contributed by atoms with E-state index in [0.29, 0.717) is 37.3 Å². The van der Waals surface area contributed by atoms with Crippen molar-refractivity contribution in [2.45, 2.75) is 18.9 Å². The van der Waals surface area contributed by atoms with Gasteiger partial charge in [-0.1, -0.05) is 30.3 Å². The number of halogens is 2. The zero-order chi connectivity index (χ0) is 21.1. The number of carbonyl (C=O) groups excluding carboxylic acids is 2. The lowest BCUT2D eigenvalue weighted by Crippen LogP contribution is -2.46. The summed E-state index contributed by atoms with van der Waals surface area (Å²) in [7, 11) is 0. The number of benzene rings is 2. The molecule has 3 aromatic rings. The molecule has 30 heavy (non-hydrogen) atoms. The molecular formula is C22H20F2N4O2. The maximum Gasteiger partial charge on any atom is 0.271 e. The van der Waals surface area contributed by atoms with Crippen LogP contribution in [0, 0.1) is 11.6 Å². The Morgan fingerprint density at radius 3 is 2.43 bits per heavy atom. The van der Waals surface area contributed by atoms with Gasteiger partial charge in [-0.2, -0.15) is 5.10 Å². The summed E-state index contributed by atoms with van der Waals surface area (Å²) in [5.41, 5.74) is 2.11. The van der Waals surface area contributed by atoms with Crippen molar-refractivity contribution in [1.29, 1.82) is 0 Å². The third-order valence-electron chi connectivity index (χ3n) is 5.18. The summed E-state index contributed by atoms with van der Waals surface area (Å²) >= 11 is 0. The lowest BCUT2D eigenvalue weighted by molar-refractivity contribution is 0.0692. The first kappa shape index (κ1) is 19.8. The Balaban J connectivity index is 1.33. The monoisotopic (exact) mass is 410 g/mol. The van der Waals surface area contributed by atoms with Crippen LogP contribution in [0.15, 0.2) is 54.6 Å². The molecule has 0 atom stereocenters. The molecule has 1 aliphatic rings. The van der Waals surface area contributed by atoms with Crippen molar-refractivity contribution in [3.8, 4) is 11.3 Å². The summed E-state index contributed by atoms with van der Waals surface area (Å²) < 4.78 is 26.3. The highest BCUT2D eigenvalue weighted by Crippen LogP contribution is 2.19. The number of amides is 2. The highest BCUT2D eigenvalue weighted by atomic mass is 19.2. The maximum absolute atomic E-state index is 13.3. The minimum atomic E-state index is -1.06. The number of piperidine rings is 1. The molecule has 6 nitrogen and oxygen atoms in total. The first-order valence-corrected chi connectivity index (χ1v) is 9.67. The third-order valence-corrected chi connectivity index (χ3v) is 5.18. The molecule has 0 spiro atoms. The van der Waals surface area contributed by atoms with Crippen molar-refractivity contribution in [2.24, 2.45) is 0 Å². The van der Waals surface area contributed by atoms with Gasteiger partial charge >= 0.3 is 0 Å². The van der Waals surface area contributed by atoms with Crippen molar-refractivity contribution < 1.29 is 18.4 Å². The van der Waals surface area contributed by atoms with Crippen LogP contribution in [0.3, 0.4) is 0 Å². The molecule has 0 saturated carbocycles. The van der Waals surface area contributed by atoms with Crippen LogP contribution >= 0.6 is 0 Å². The highest BCUT2D eigenvalue weighted by Gasteiger charge is 2.26. The van der Waals surface area contributed by atoms with Gasteiger partial charge in [-0.15, -0.1) is 0 Å². The molecule has 0 unspecified atom stereocenters. The fourth-order valence-electron chi connectivity index (χ4n) is 3.49. The van der Waals surface area contributed by atoms with E-state index in [9.17, 15) is 18.4 Å². The van der Waals surface area contributed by atoms with Crippen LogP contribution in [0.2, 0.25) is 0 Å². The number of hydrogen-bond donors (Lipinski definition) is 2. The second kappa shape index (κ2) is 8.44. The summed E-state index contributed by atoms with van der Waals surface area (Å²) in [6.07, 6.45) is 1.14. The van der Waals surface area contributed by atoms with E-state index in [2.05, 4.69) is 15.5 Å². The van der Waals surface area contributed by atoms with Crippen molar-refractivity contribution >= 4 is 11.8 Å². The standard InChI is InChI=1S/C22H20F2N4O2/c23-17-7-6-15(12-18(17)24)21(29)25-16-8-10-28(11-9-16)22(30)20-13-19(26-27-20)14-4-2-1-3-5-14/h1-7,12-13,16H,8-11H2,(H,25,29)(H,26,27). The molecule has 0 bridgehead atoms. The summed E-state index contributed by atoms with van der Waals surface area (Å²) in [5.74, 6) is -2.65. The topological polar surface area (TPSA) is 78.1 Å². The van der Waals surface area contributed by atoms with Crippen molar-refractivity contribution in [2.75, 3.05) is 13.1 Å². The van der Waals surface area contributed by atoms with Crippen LogP contribution in [-0.2, 0) is 0 Å². The number of aromatic amines is 1. The zero-order valence-electron chi connectivity index (χ0n) is 16.1. The first-order chi connectivity index (χ1) is 14.5. The predicted octanol–water partition coefficient (Wildman–Crippen LogP) is 3.39. The zero-order valence-corrected chi connectivity index (χ0v) is 16.1. The van der Waals surface area contributed by atoms with Crippen molar-refractivity contribution in [3.63, 3.8) is 0 Å². The van der Waals surface area contributed by atoms with Crippen LogP contribution < -0.4 is 5.32 Å². The second-order valence-corrected chi connectivity index (χ2v) is 7.20. The third kappa shape index (κ3) is 4.22. The van der Waals surface area contributed by atoms with Crippen LogP contribution in [0.4, 0.5) is 8.78 Å². The van der Waals surface area contributed by atoms with Gasteiger partial charge in [0, 0.05) is 30.3 Å². The fraction of sp³-hybridized carbons (Fsp3) is 0.227. The van der Waals surface area contributed by atoms with Gasteiger partial charge in [0.15, 0.2) is 11.6 Å². The van der Waals surface area contributed by atoms with Gasteiger partial charge in [-0.3, -0.25) is 14.7 Å². The van der Waals surface area contributed by atoms with E-state index in [-0.39, 0.29) is 17.5 Å². The molecule has 0 radical (unpaired) electrons. The van der Waals surface area contributed by atoms with Crippen molar-refractivity contribution in [3.05, 3.63) is 77.5 Å². The van der Waals surface area contributed by atoms with Crippen LogP contribution in [0.25, 0.3) is 11.3 Å². The molecule has 8 heteroatoms. The SMILES string of the molecule is O=C(NC1CCN(C(=O)c2cc(-c3ccccc3)n[nH]2)CC1)c1ccc(F)c(F)c1. The van der Waals surface area contributed by atoms with Gasteiger partial charge in [0.2, 0.25) is 0 Å². The van der Waals surface area contributed by atoms with E-state index in [1.54, 1.807) is 11.0 Å².